The van der Waals surface area contributed by atoms with Crippen molar-refractivity contribution in [1.29, 1.82) is 0 Å². The van der Waals surface area contributed by atoms with E-state index in [1.165, 1.54) is 28.6 Å². The summed E-state index contributed by atoms with van der Waals surface area (Å²) in [6.45, 7) is 1.87. The van der Waals surface area contributed by atoms with Crippen LogP contribution in [0.15, 0.2) is 53.4 Å². The van der Waals surface area contributed by atoms with Gasteiger partial charge in [0.2, 0.25) is 0 Å². The first-order valence-electron chi connectivity index (χ1n) is 8.24. The number of hydrogen-bond acceptors (Lipinski definition) is 6. The molecule has 0 aliphatic carbocycles. The second-order valence-electron chi connectivity index (χ2n) is 6.20. The Kier molecular flexibility index (Phi) is 4.11. The molecule has 27 heavy (non-hydrogen) atoms. The summed E-state index contributed by atoms with van der Waals surface area (Å²) in [6, 6.07) is 13.1. The van der Waals surface area contributed by atoms with E-state index < -0.39 is 15.9 Å². The lowest BCUT2D eigenvalue weighted by Gasteiger charge is -2.24. The van der Waals surface area contributed by atoms with Crippen molar-refractivity contribution in [2.75, 3.05) is 9.62 Å². The van der Waals surface area contributed by atoms with E-state index in [0.717, 1.165) is 5.56 Å². The highest BCUT2D eigenvalue weighted by molar-refractivity contribution is 7.92. The summed E-state index contributed by atoms with van der Waals surface area (Å²) in [4.78, 5) is 12.4. The summed E-state index contributed by atoms with van der Waals surface area (Å²) in [7, 11) is -3.82. The Hall–Kier alpha value is -3.27. The third-order valence-electron chi connectivity index (χ3n) is 4.37. The van der Waals surface area contributed by atoms with Gasteiger partial charge in [-0.3, -0.25) is 14.4 Å². The average molecular weight is 384 g/mol. The molecule has 1 aliphatic rings. The number of rotatable bonds is 4. The van der Waals surface area contributed by atoms with Crippen LogP contribution in [-0.2, 0) is 16.4 Å². The van der Waals surface area contributed by atoms with Crippen LogP contribution in [0.3, 0.4) is 0 Å². The van der Waals surface area contributed by atoms with Gasteiger partial charge in [0.1, 0.15) is 0 Å². The Morgan fingerprint density at radius 3 is 2.81 bits per heavy atom. The summed E-state index contributed by atoms with van der Waals surface area (Å²) in [5.74, 6) is -0.515. The predicted molar refractivity (Wildman–Crippen MR) is 97.8 cm³/mol. The Labute approximate surface area is 155 Å². The highest BCUT2D eigenvalue weighted by Crippen LogP contribution is 2.36. The maximum absolute atomic E-state index is 13.3. The normalized spacial score (nSPS) is 16.2. The number of para-hydroxylation sites is 1. The van der Waals surface area contributed by atoms with Gasteiger partial charge in [-0.15, -0.1) is 5.10 Å². The average Bonchev–Trinajstić information content (AvgIpc) is 3.28. The molecule has 10 heteroatoms. The van der Waals surface area contributed by atoms with Crippen LogP contribution in [0.25, 0.3) is 0 Å². The first kappa shape index (κ1) is 17.2. The fourth-order valence-electron chi connectivity index (χ4n) is 3.20. The molecule has 0 saturated carbocycles. The summed E-state index contributed by atoms with van der Waals surface area (Å²) in [5.41, 5.74) is 1.84. The molecule has 1 amide bonds. The van der Waals surface area contributed by atoms with E-state index in [-0.39, 0.29) is 22.4 Å². The van der Waals surface area contributed by atoms with Crippen LogP contribution in [0.4, 0.5) is 11.6 Å². The highest BCUT2D eigenvalue weighted by atomic mass is 32.2. The predicted octanol–water partition coefficient (Wildman–Crippen LogP) is 1.59. The van der Waals surface area contributed by atoms with Gasteiger partial charge in [-0.1, -0.05) is 29.4 Å². The molecule has 138 valence electrons. The van der Waals surface area contributed by atoms with Gasteiger partial charge in [-0.05, 0) is 48.4 Å². The van der Waals surface area contributed by atoms with Gasteiger partial charge in [0.15, 0.2) is 0 Å². The Balaban J connectivity index is 1.68. The molecule has 2 N–H and O–H groups in total. The number of aromatic nitrogens is 4. The summed E-state index contributed by atoms with van der Waals surface area (Å²) >= 11 is 0. The lowest BCUT2D eigenvalue weighted by Crippen LogP contribution is -2.35. The number of fused-ring (bicyclic) bond motifs is 1. The second-order valence-corrected chi connectivity index (χ2v) is 8.02. The SMILES string of the molecule is C[C@@H]1Cc2ccccc2N1S(=O)(=O)c1cccc(C(=O)Nc2nn[nH]n2)c1. The van der Waals surface area contributed by atoms with Crippen molar-refractivity contribution in [3.63, 3.8) is 0 Å². The van der Waals surface area contributed by atoms with Crippen molar-refractivity contribution in [1.82, 2.24) is 20.6 Å². The van der Waals surface area contributed by atoms with Crippen LogP contribution < -0.4 is 9.62 Å². The molecular formula is C17H16N6O3S. The molecule has 3 aromatic rings. The minimum atomic E-state index is -3.82. The zero-order chi connectivity index (χ0) is 19.0. The second kappa shape index (κ2) is 6.47. The van der Waals surface area contributed by atoms with E-state index >= 15 is 0 Å². The molecule has 1 aliphatic heterocycles. The molecular weight excluding hydrogens is 368 g/mol. The van der Waals surface area contributed by atoms with Gasteiger partial charge < -0.3 is 0 Å². The first-order valence-corrected chi connectivity index (χ1v) is 9.68. The van der Waals surface area contributed by atoms with Gasteiger partial charge in [0, 0.05) is 11.6 Å². The van der Waals surface area contributed by atoms with Crippen LogP contribution in [0.1, 0.15) is 22.8 Å². The van der Waals surface area contributed by atoms with Crippen LogP contribution in [0.2, 0.25) is 0 Å². The molecule has 2 aromatic carbocycles. The number of carbonyl (C=O) groups excluding carboxylic acids is 1. The number of sulfonamides is 1. The topological polar surface area (TPSA) is 121 Å². The van der Waals surface area contributed by atoms with E-state index in [4.69, 9.17) is 0 Å². The van der Waals surface area contributed by atoms with E-state index in [1.807, 2.05) is 25.1 Å². The summed E-state index contributed by atoms with van der Waals surface area (Å²) in [5, 5.41) is 15.3. The lowest BCUT2D eigenvalue weighted by atomic mass is 10.1. The monoisotopic (exact) mass is 384 g/mol. The van der Waals surface area contributed by atoms with Crippen LogP contribution >= 0.6 is 0 Å². The van der Waals surface area contributed by atoms with E-state index in [2.05, 4.69) is 25.9 Å². The number of hydrogen-bond donors (Lipinski definition) is 2. The Morgan fingerprint density at radius 1 is 1.22 bits per heavy atom. The van der Waals surface area contributed by atoms with Crippen LogP contribution in [-0.4, -0.2) is 41.0 Å². The van der Waals surface area contributed by atoms with Gasteiger partial charge >= 0.3 is 0 Å². The van der Waals surface area contributed by atoms with Crippen LogP contribution in [0, 0.1) is 0 Å². The zero-order valence-corrected chi connectivity index (χ0v) is 15.1. The van der Waals surface area contributed by atoms with Gasteiger partial charge in [0.25, 0.3) is 21.9 Å². The fraction of sp³-hybridized carbons (Fsp3) is 0.176. The van der Waals surface area contributed by atoms with Crippen molar-refractivity contribution >= 4 is 27.6 Å². The number of anilines is 2. The molecule has 1 atom stereocenters. The molecule has 0 saturated heterocycles. The minimum absolute atomic E-state index is 0.00959. The number of tetrazole rings is 1. The third-order valence-corrected chi connectivity index (χ3v) is 6.29. The summed E-state index contributed by atoms with van der Waals surface area (Å²) in [6.07, 6.45) is 0.646. The van der Waals surface area contributed by atoms with Crippen molar-refractivity contribution in [2.24, 2.45) is 0 Å². The fourth-order valence-corrected chi connectivity index (χ4v) is 4.94. The molecule has 2 heterocycles. The third kappa shape index (κ3) is 3.04. The molecule has 1 aromatic heterocycles. The molecule has 0 radical (unpaired) electrons. The standard InChI is InChI=1S/C17H16N6O3S/c1-11-9-12-5-2-3-8-15(12)23(11)27(25,26)14-7-4-6-13(10-14)16(24)18-17-19-21-22-20-17/h2-8,10-11H,9H2,1H3,(H2,18,19,20,21,22,24)/t11-/m1/s1. The number of nitrogens with one attached hydrogen (secondary N) is 2. The first-order chi connectivity index (χ1) is 13.0. The van der Waals surface area contributed by atoms with Gasteiger partial charge in [-0.25, -0.2) is 8.42 Å². The molecule has 0 bridgehead atoms. The van der Waals surface area contributed by atoms with Crippen molar-refractivity contribution in [3.8, 4) is 0 Å². The maximum atomic E-state index is 13.3. The van der Waals surface area contributed by atoms with Crippen molar-refractivity contribution in [3.05, 3.63) is 59.7 Å². The number of nitrogens with zero attached hydrogens (tertiary/aromatic N) is 4. The number of benzene rings is 2. The summed E-state index contributed by atoms with van der Waals surface area (Å²) < 4.78 is 27.9. The van der Waals surface area contributed by atoms with E-state index in [1.54, 1.807) is 6.07 Å². The van der Waals surface area contributed by atoms with Gasteiger partial charge in [-0.2, -0.15) is 5.21 Å². The zero-order valence-electron chi connectivity index (χ0n) is 14.3. The molecule has 4 rings (SSSR count). The minimum Gasteiger partial charge on any atom is -0.288 e. The largest absolute Gasteiger partial charge is 0.288 e. The highest BCUT2D eigenvalue weighted by Gasteiger charge is 2.36. The molecule has 0 spiro atoms. The maximum Gasteiger partial charge on any atom is 0.270 e. The molecule has 0 fully saturated rings. The Bertz CT molecular complexity index is 1100. The lowest BCUT2D eigenvalue weighted by molar-refractivity contribution is 0.102. The molecule has 0 unspecified atom stereocenters. The number of carbonyl (C=O) groups is 1. The number of amides is 1. The van der Waals surface area contributed by atoms with E-state index in [9.17, 15) is 13.2 Å². The molecule has 9 nitrogen and oxygen atoms in total. The number of H-pyrrole nitrogens is 1. The number of aromatic amines is 1. The quantitative estimate of drug-likeness (QED) is 0.705. The van der Waals surface area contributed by atoms with Crippen molar-refractivity contribution in [2.45, 2.75) is 24.3 Å². The van der Waals surface area contributed by atoms with Crippen LogP contribution in [0.5, 0.6) is 0 Å². The van der Waals surface area contributed by atoms with Gasteiger partial charge in [0.05, 0.1) is 10.6 Å². The Morgan fingerprint density at radius 2 is 2.04 bits per heavy atom. The smallest absolute Gasteiger partial charge is 0.270 e. The van der Waals surface area contributed by atoms with E-state index in [0.29, 0.717) is 12.1 Å². The van der Waals surface area contributed by atoms with Crippen molar-refractivity contribution < 1.29 is 13.2 Å².